The van der Waals surface area contributed by atoms with E-state index in [0.717, 1.165) is 0 Å². The van der Waals surface area contributed by atoms with Crippen molar-refractivity contribution in [3.8, 4) is 5.75 Å². The zero-order chi connectivity index (χ0) is 31.9. The van der Waals surface area contributed by atoms with Gasteiger partial charge < -0.3 is 24.3 Å². The molecule has 0 aromatic heterocycles. The highest BCUT2D eigenvalue weighted by Crippen LogP contribution is 2.15. The summed E-state index contributed by atoms with van der Waals surface area (Å²) in [4.78, 5) is 50.0. The fourth-order valence-corrected chi connectivity index (χ4v) is 3.08. The van der Waals surface area contributed by atoms with E-state index < -0.39 is 40.4 Å². The molecule has 43 heavy (non-hydrogen) atoms. The first-order chi connectivity index (χ1) is 20.6. The van der Waals surface area contributed by atoms with E-state index >= 15 is 0 Å². The van der Waals surface area contributed by atoms with Crippen LogP contribution in [-0.4, -0.2) is 111 Å². The van der Waals surface area contributed by atoms with Gasteiger partial charge in [0, 0.05) is 6.42 Å². The van der Waals surface area contributed by atoms with Gasteiger partial charge in [-0.2, -0.15) is 0 Å². The van der Waals surface area contributed by atoms with Gasteiger partial charge in [0.1, 0.15) is 11.8 Å². The van der Waals surface area contributed by atoms with Crippen LogP contribution in [0.3, 0.4) is 0 Å². The second-order valence-corrected chi connectivity index (χ2v) is 8.43. The van der Waals surface area contributed by atoms with E-state index in [1.54, 1.807) is 12.1 Å². The quantitative estimate of drug-likeness (QED) is 0.0300. The number of ether oxygens (including phenoxy) is 4. The molecule has 0 heterocycles. The molecule has 0 aliphatic rings. The van der Waals surface area contributed by atoms with Gasteiger partial charge in [0.2, 0.25) is 0 Å². The second-order valence-electron chi connectivity index (χ2n) is 8.43. The third-order valence-corrected chi connectivity index (χ3v) is 5.07. The monoisotopic (exact) mass is 626 g/mol. The topological polar surface area (TPSA) is 259 Å². The second kappa shape index (κ2) is 23.2. The van der Waals surface area contributed by atoms with Gasteiger partial charge in [-0.05, 0) is 56.2 Å². The molecule has 1 amide bonds. The number of amides is 1. The number of nitrogens with one attached hydrogen (secondary N) is 1. The first-order valence-corrected chi connectivity index (χ1v) is 13.0. The Bertz CT molecular complexity index is 906. The third kappa shape index (κ3) is 21.1. The van der Waals surface area contributed by atoms with Crippen molar-refractivity contribution in [3.63, 3.8) is 0 Å². The maximum absolute atomic E-state index is 12.7. The normalized spacial score (nSPS) is 11.9. The number of benzene rings is 1. The fraction of sp³-hybridized carbons (Fsp3) is 0.609. The molecule has 20 heteroatoms. The zero-order valence-electron chi connectivity index (χ0n) is 23.2. The van der Waals surface area contributed by atoms with E-state index in [9.17, 15) is 14.4 Å². The molecule has 0 saturated heterocycles. The van der Waals surface area contributed by atoms with Gasteiger partial charge in [0.05, 0.1) is 55.8 Å². The Balaban J connectivity index is 2.59. The minimum Gasteiger partial charge on any atom is -0.464 e. The number of unbranched alkanes of at least 4 members (excludes halogenated alkanes) is 3. The van der Waals surface area contributed by atoms with E-state index in [0.29, 0.717) is 44.1 Å². The Kier molecular flexibility index (Phi) is 20.4. The molecular weight excluding hydrogens is 588 g/mol. The van der Waals surface area contributed by atoms with Crippen LogP contribution in [0.15, 0.2) is 24.3 Å². The van der Waals surface area contributed by atoms with E-state index in [4.69, 9.17) is 50.2 Å². The standard InChI is InChI=1S/C23H38N4O16/c28-21(37-11-1-4-14-40-25(31)32)20(24-22(29)38-12-2-5-15-41-26(33)34)17-18-7-9-19(10-8-18)43-23(30)39-13-3-6-16-42-27(35)36/h7-10,20,31-36H,1-6,11-17H2,(H,24,29). The minimum absolute atomic E-state index is 0.00228. The van der Waals surface area contributed by atoms with Gasteiger partial charge in [-0.25, -0.2) is 14.4 Å². The molecule has 1 rings (SSSR count). The van der Waals surface area contributed by atoms with Gasteiger partial charge in [-0.15, -0.1) is 0 Å². The van der Waals surface area contributed by atoms with Crippen molar-refractivity contribution in [2.45, 2.75) is 51.0 Å². The SMILES string of the molecule is O=C(NC(Cc1ccc(OC(=O)OCCCCON(O)O)cc1)C(=O)OCCCCON(O)O)OCCCCON(O)O. The van der Waals surface area contributed by atoms with Crippen molar-refractivity contribution in [2.75, 3.05) is 39.6 Å². The summed E-state index contributed by atoms with van der Waals surface area (Å²) < 4.78 is 20.3. The summed E-state index contributed by atoms with van der Waals surface area (Å²) in [5.41, 5.74) is 0.568. The average Bonchev–Trinajstić information content (AvgIpc) is 2.94. The lowest BCUT2D eigenvalue weighted by molar-refractivity contribution is -0.492. The van der Waals surface area contributed by atoms with Crippen LogP contribution in [-0.2, 0) is 39.9 Å². The highest BCUT2D eigenvalue weighted by atomic mass is 17.1. The Hall–Kier alpha value is -3.25. The van der Waals surface area contributed by atoms with Crippen molar-refractivity contribution >= 4 is 18.2 Å². The summed E-state index contributed by atoms with van der Waals surface area (Å²) >= 11 is 0. The van der Waals surface area contributed by atoms with Crippen LogP contribution < -0.4 is 10.1 Å². The lowest BCUT2D eigenvalue weighted by Gasteiger charge is -2.18. The largest absolute Gasteiger partial charge is 0.513 e. The first kappa shape index (κ1) is 37.8. The summed E-state index contributed by atoms with van der Waals surface area (Å²) in [6, 6.07) is 4.87. The van der Waals surface area contributed by atoms with Gasteiger partial charge >= 0.3 is 18.2 Å². The number of hydrogen-bond donors (Lipinski definition) is 7. The Morgan fingerprint density at radius 3 is 1.56 bits per heavy atom. The molecule has 1 aromatic carbocycles. The first-order valence-electron chi connectivity index (χ1n) is 13.0. The molecule has 0 aliphatic carbocycles. The molecule has 1 atom stereocenters. The molecule has 0 fully saturated rings. The number of alkyl carbamates (subject to hydrolysis) is 1. The van der Waals surface area contributed by atoms with Crippen molar-refractivity contribution in [2.24, 2.45) is 0 Å². The molecular formula is C23H38N4O16. The molecule has 0 saturated carbocycles. The lowest BCUT2D eigenvalue weighted by atomic mass is 10.1. The van der Waals surface area contributed by atoms with Crippen LogP contribution in [0, 0.1) is 0 Å². The summed E-state index contributed by atoms with van der Waals surface area (Å²) in [5.74, 6) is -0.607. The number of esters is 1. The van der Waals surface area contributed by atoms with Gasteiger partial charge in [-0.1, -0.05) is 12.1 Å². The molecule has 7 N–H and O–H groups in total. The summed E-state index contributed by atoms with van der Waals surface area (Å²) in [5, 5.41) is 52.0. The summed E-state index contributed by atoms with van der Waals surface area (Å²) in [7, 11) is 0. The molecule has 1 aromatic rings. The number of rotatable bonds is 23. The van der Waals surface area contributed by atoms with Crippen molar-refractivity contribution < 1.29 is 79.1 Å². The Morgan fingerprint density at radius 2 is 1.07 bits per heavy atom. The zero-order valence-corrected chi connectivity index (χ0v) is 23.2. The highest BCUT2D eigenvalue weighted by Gasteiger charge is 2.24. The lowest BCUT2D eigenvalue weighted by Crippen LogP contribution is -2.43. The maximum atomic E-state index is 12.7. The van der Waals surface area contributed by atoms with E-state index in [2.05, 4.69) is 19.8 Å². The molecule has 246 valence electrons. The smallest absolute Gasteiger partial charge is 0.464 e. The Labute approximate surface area is 245 Å². The van der Waals surface area contributed by atoms with Crippen molar-refractivity contribution in [3.05, 3.63) is 29.8 Å². The van der Waals surface area contributed by atoms with Gasteiger partial charge in [0.15, 0.2) is 0 Å². The van der Waals surface area contributed by atoms with Crippen LogP contribution in [0.1, 0.15) is 44.1 Å². The van der Waals surface area contributed by atoms with Crippen LogP contribution in [0.5, 0.6) is 5.75 Å². The van der Waals surface area contributed by atoms with Gasteiger partial charge in [0.25, 0.3) is 0 Å². The predicted octanol–water partition coefficient (Wildman–Crippen LogP) is 1.76. The number of carbonyl (C=O) groups excluding carboxylic acids is 3. The molecule has 20 nitrogen and oxygen atoms in total. The number of nitrogens with zero attached hydrogens (tertiary/aromatic N) is 3. The molecule has 1 unspecified atom stereocenters. The third-order valence-electron chi connectivity index (χ3n) is 5.07. The predicted molar refractivity (Wildman–Crippen MR) is 133 cm³/mol. The van der Waals surface area contributed by atoms with Crippen LogP contribution in [0.25, 0.3) is 0 Å². The van der Waals surface area contributed by atoms with Crippen molar-refractivity contribution in [1.82, 2.24) is 21.5 Å². The highest BCUT2D eigenvalue weighted by molar-refractivity contribution is 5.81. The molecule has 0 bridgehead atoms. The minimum atomic E-state index is -1.15. The van der Waals surface area contributed by atoms with E-state index in [-0.39, 0.29) is 51.8 Å². The van der Waals surface area contributed by atoms with E-state index in [1.165, 1.54) is 12.1 Å². The molecule has 0 spiro atoms. The average molecular weight is 627 g/mol. The molecule has 0 radical (unpaired) electrons. The Morgan fingerprint density at radius 1 is 0.628 bits per heavy atom. The summed E-state index contributed by atoms with van der Waals surface area (Å²) in [6.45, 7) is -0.141. The van der Waals surface area contributed by atoms with Gasteiger partial charge in [-0.3, -0.25) is 45.8 Å². The van der Waals surface area contributed by atoms with Crippen LogP contribution >= 0.6 is 0 Å². The number of hydrogen-bond acceptors (Lipinski definition) is 19. The number of carbonyl (C=O) groups is 3. The van der Waals surface area contributed by atoms with E-state index in [1.807, 2.05) is 0 Å². The van der Waals surface area contributed by atoms with Crippen molar-refractivity contribution in [1.29, 1.82) is 0 Å². The summed E-state index contributed by atoms with van der Waals surface area (Å²) in [6.07, 6.45) is 0.245. The van der Waals surface area contributed by atoms with Crippen LogP contribution in [0.4, 0.5) is 9.59 Å². The maximum Gasteiger partial charge on any atom is 0.513 e. The van der Waals surface area contributed by atoms with Crippen LogP contribution in [0.2, 0.25) is 0 Å². The fourth-order valence-electron chi connectivity index (χ4n) is 3.08. The molecule has 0 aliphatic heterocycles.